The molecule has 11 nitrogen and oxygen atoms in total. The molecule has 0 aliphatic carbocycles. The van der Waals surface area contributed by atoms with E-state index in [1.165, 1.54) is 61.1 Å². The number of ether oxygens (including phenoxy) is 1. The van der Waals surface area contributed by atoms with Crippen LogP contribution in [0.25, 0.3) is 10.1 Å². The predicted molar refractivity (Wildman–Crippen MR) is 141 cm³/mol. The number of nitrogens with two attached hydrogens (primary N) is 1. The molecule has 5 rings (SSSR count). The molecule has 3 saturated heterocycles. The van der Waals surface area contributed by atoms with E-state index in [1.54, 1.807) is 13.0 Å². The Morgan fingerprint density at radius 1 is 1.14 bits per heavy atom. The fourth-order valence-electron chi connectivity index (χ4n) is 5.53. The van der Waals surface area contributed by atoms with Crippen LogP contribution in [0.15, 0.2) is 27.4 Å². The fourth-order valence-corrected chi connectivity index (χ4v) is 9.29. The normalized spacial score (nSPS) is 24.3. The quantitative estimate of drug-likeness (QED) is 0.114. The van der Waals surface area contributed by atoms with Crippen LogP contribution in [-0.4, -0.2) is 95.5 Å². The molecular weight excluding hydrogens is 537 g/mol. The van der Waals surface area contributed by atoms with Crippen LogP contribution in [0.2, 0.25) is 0 Å². The number of nitrogens with zero attached hydrogens (tertiary/aromatic N) is 3. The molecule has 0 radical (unpaired) electrons. The van der Waals surface area contributed by atoms with Gasteiger partial charge in [0.15, 0.2) is 0 Å². The van der Waals surface area contributed by atoms with Crippen molar-refractivity contribution in [3.05, 3.63) is 23.8 Å². The largest absolute Gasteiger partial charge is 0.810 e. The van der Waals surface area contributed by atoms with E-state index in [1.807, 2.05) is 16.9 Å². The summed E-state index contributed by atoms with van der Waals surface area (Å²) in [7, 11) is -9.11. The number of hydrogen-bond acceptors (Lipinski definition) is 8. The number of hydrogen-bond donors (Lipinski definition) is 2. The summed E-state index contributed by atoms with van der Waals surface area (Å²) in [6, 6.07) is 5.45. The van der Waals surface area contributed by atoms with Crippen LogP contribution in [-0.2, 0) is 14.6 Å². The van der Waals surface area contributed by atoms with Gasteiger partial charge in [0.05, 0.1) is 26.0 Å². The SMILES string of the molecule is Cc1c(S(=O)(=O)NCP(=O)([O-])[O-])sc2ccc(OCCC[N+]34CC[N+](CCCN=CN)(CC3)CC4)cc12. The molecule has 0 atom stereocenters. The smallest absolute Gasteiger partial charge is 0.250 e. The summed E-state index contributed by atoms with van der Waals surface area (Å²) in [5.74, 6) is 0.669. The molecule has 2 bridgehead atoms. The maximum Gasteiger partial charge on any atom is 0.250 e. The number of benzene rings is 1. The van der Waals surface area contributed by atoms with Crippen molar-refractivity contribution in [1.82, 2.24) is 4.72 Å². The zero-order chi connectivity index (χ0) is 26.7. The zero-order valence-corrected chi connectivity index (χ0v) is 23.7. The Morgan fingerprint density at radius 3 is 2.35 bits per heavy atom. The highest BCUT2D eigenvalue weighted by molar-refractivity contribution is 7.92. The molecule has 3 aliphatic rings. The van der Waals surface area contributed by atoms with Crippen molar-refractivity contribution in [3.63, 3.8) is 0 Å². The van der Waals surface area contributed by atoms with Crippen LogP contribution in [0.4, 0.5) is 0 Å². The van der Waals surface area contributed by atoms with Gasteiger partial charge in [-0.2, -0.15) is 0 Å². The van der Waals surface area contributed by atoms with Crippen molar-refractivity contribution in [1.29, 1.82) is 0 Å². The van der Waals surface area contributed by atoms with Gasteiger partial charge in [-0.3, -0.25) is 4.99 Å². The van der Waals surface area contributed by atoms with Crippen LogP contribution in [0.1, 0.15) is 18.4 Å². The van der Waals surface area contributed by atoms with Crippen LogP contribution in [0, 0.1) is 6.92 Å². The average molecular weight is 574 g/mol. The number of rotatable bonds is 13. The van der Waals surface area contributed by atoms with Crippen molar-refractivity contribution < 1.29 is 36.5 Å². The third-order valence-electron chi connectivity index (χ3n) is 7.77. The molecule has 4 heterocycles. The lowest BCUT2D eigenvalue weighted by Crippen LogP contribution is -2.75. The van der Waals surface area contributed by atoms with Gasteiger partial charge in [0.1, 0.15) is 49.2 Å². The summed E-state index contributed by atoms with van der Waals surface area (Å²) < 4.78 is 47.0. The van der Waals surface area contributed by atoms with Crippen molar-refractivity contribution in [2.45, 2.75) is 24.0 Å². The molecule has 0 unspecified atom stereocenters. The number of aliphatic imine (C=N–C) groups is 1. The standard InChI is InChI=1S/C23H36N5O6PS2/c1-19-21-16-20(4-5-22(21)36-23(19)37(32,33)26-18-35(29,30)31)34-15-3-8-28-12-9-27(10-13-28,11-14-28)7-2-6-25-17-24/h4-5,16-17,26H,2-3,6-15,18H2,1H3,(H2-2,24,25,29,30,31). The first-order chi connectivity index (χ1) is 17.5. The van der Waals surface area contributed by atoms with Crippen molar-refractivity contribution in [2.75, 3.05) is 71.8 Å². The third-order valence-corrected chi connectivity index (χ3v) is 11.8. The second kappa shape index (κ2) is 11.3. The second-order valence-electron chi connectivity index (χ2n) is 10.2. The van der Waals surface area contributed by atoms with Gasteiger partial charge in [-0.25, -0.2) is 13.1 Å². The molecule has 0 spiro atoms. The highest BCUT2D eigenvalue weighted by Gasteiger charge is 2.48. The Bertz CT molecular complexity index is 1270. The number of aryl methyl sites for hydroxylation is 1. The topological polar surface area (TPSA) is 157 Å². The molecule has 3 N–H and O–H groups in total. The summed E-state index contributed by atoms with van der Waals surface area (Å²) in [5, 5.41) is 0.732. The highest BCUT2D eigenvalue weighted by Crippen LogP contribution is 2.36. The van der Waals surface area contributed by atoms with Gasteiger partial charge in [0, 0.05) is 35.8 Å². The van der Waals surface area contributed by atoms with E-state index in [2.05, 4.69) is 4.99 Å². The van der Waals surface area contributed by atoms with Gasteiger partial charge in [0.2, 0.25) is 0 Å². The molecule has 206 valence electrons. The molecule has 1 aromatic heterocycles. The molecular formula is C23H36N5O6PS2. The Hall–Kier alpha value is -1.57. The van der Waals surface area contributed by atoms with E-state index < -0.39 is 23.9 Å². The van der Waals surface area contributed by atoms with Crippen LogP contribution >= 0.6 is 18.9 Å². The van der Waals surface area contributed by atoms with E-state index in [9.17, 15) is 22.8 Å². The molecule has 3 fully saturated rings. The van der Waals surface area contributed by atoms with Gasteiger partial charge in [-0.05, 0) is 30.7 Å². The van der Waals surface area contributed by atoms with Crippen molar-refractivity contribution >= 4 is 45.4 Å². The van der Waals surface area contributed by atoms with Gasteiger partial charge in [0.25, 0.3) is 10.0 Å². The lowest BCUT2D eigenvalue weighted by Gasteiger charge is -2.55. The van der Waals surface area contributed by atoms with E-state index in [0.29, 0.717) is 17.9 Å². The third kappa shape index (κ3) is 6.90. The first kappa shape index (κ1) is 28.4. The molecule has 37 heavy (non-hydrogen) atoms. The summed E-state index contributed by atoms with van der Waals surface area (Å²) in [6.07, 6.45) is 2.27. The van der Waals surface area contributed by atoms with Gasteiger partial charge in [-0.15, -0.1) is 11.3 Å². The fraction of sp³-hybridized carbons (Fsp3) is 0.609. The molecule has 3 aliphatic heterocycles. The number of thiophene rings is 1. The first-order valence-corrected chi connectivity index (χ1v) is 16.6. The first-order valence-electron chi connectivity index (χ1n) is 12.5. The van der Waals surface area contributed by atoms with Gasteiger partial charge >= 0.3 is 0 Å². The lowest BCUT2D eigenvalue weighted by molar-refractivity contribution is -1.08. The Balaban J connectivity index is 1.29. The van der Waals surface area contributed by atoms with Crippen molar-refractivity contribution in [2.24, 2.45) is 10.7 Å². The van der Waals surface area contributed by atoms with Crippen LogP contribution < -0.4 is 25.0 Å². The number of fused-ring (bicyclic) bond motifs is 4. The van der Waals surface area contributed by atoms with E-state index in [4.69, 9.17) is 10.5 Å². The van der Waals surface area contributed by atoms with Gasteiger partial charge < -0.3 is 33.8 Å². The summed E-state index contributed by atoms with van der Waals surface area (Å²) in [5.41, 5.74) is 5.85. The summed E-state index contributed by atoms with van der Waals surface area (Å²) in [4.78, 5) is 25.9. The Labute approximate surface area is 222 Å². The monoisotopic (exact) mass is 573 g/mol. The minimum Gasteiger partial charge on any atom is -0.810 e. The van der Waals surface area contributed by atoms with Crippen LogP contribution in [0.3, 0.4) is 0 Å². The lowest BCUT2D eigenvalue weighted by atomic mass is 10.1. The number of nitrogens with one attached hydrogen (secondary N) is 1. The number of piperazine rings is 3. The van der Waals surface area contributed by atoms with Crippen LogP contribution in [0.5, 0.6) is 5.75 Å². The molecule has 14 heteroatoms. The average Bonchev–Trinajstić information content (AvgIpc) is 3.21. The van der Waals surface area contributed by atoms with Gasteiger partial charge in [-0.1, -0.05) is 7.60 Å². The number of quaternary nitrogens is 2. The van der Waals surface area contributed by atoms with E-state index >= 15 is 0 Å². The van der Waals surface area contributed by atoms with Crippen molar-refractivity contribution in [3.8, 4) is 5.75 Å². The number of sulfonamides is 1. The molecule has 2 aromatic rings. The Kier molecular flexibility index (Phi) is 8.66. The molecule has 0 amide bonds. The molecule has 0 saturated carbocycles. The summed E-state index contributed by atoms with van der Waals surface area (Å²) >= 11 is 1.03. The Morgan fingerprint density at radius 2 is 1.76 bits per heavy atom. The minimum absolute atomic E-state index is 0.000633. The molecule has 1 aromatic carbocycles. The maximum atomic E-state index is 12.5. The maximum absolute atomic E-state index is 12.5. The summed E-state index contributed by atoms with van der Waals surface area (Å²) in [6.45, 7) is 12.6. The zero-order valence-electron chi connectivity index (χ0n) is 21.1. The minimum atomic E-state index is -5.00. The second-order valence-corrected chi connectivity index (χ2v) is 14.7. The van der Waals surface area contributed by atoms with E-state index in [0.717, 1.165) is 47.4 Å². The van der Waals surface area contributed by atoms with E-state index in [-0.39, 0.29) is 4.21 Å². The highest BCUT2D eigenvalue weighted by atomic mass is 32.2. The predicted octanol–water partition coefficient (Wildman–Crippen LogP) is 0.166.